The SMILES string of the molecule is CC1(C)O[C@H]2[C@H](n3ccc(NC(=O)c4ccccc4)nc3=O)O[C@@](CO)(C3CC3)[C@H]2O1. The molecule has 1 saturated carbocycles. The maximum atomic E-state index is 12.8. The lowest BCUT2D eigenvalue weighted by atomic mass is 9.91. The number of rotatable bonds is 5. The number of nitrogens with one attached hydrogen (secondary N) is 1. The number of aliphatic hydroxyl groups is 1. The van der Waals surface area contributed by atoms with Crippen LogP contribution in [0.15, 0.2) is 47.4 Å². The van der Waals surface area contributed by atoms with E-state index in [1.54, 1.807) is 38.1 Å². The van der Waals surface area contributed by atoms with Gasteiger partial charge in [-0.25, -0.2) is 4.79 Å². The lowest BCUT2D eigenvalue weighted by Gasteiger charge is -2.33. The molecule has 9 heteroatoms. The van der Waals surface area contributed by atoms with Crippen LogP contribution in [0.1, 0.15) is 43.3 Å². The molecule has 2 aromatic rings. The molecule has 5 rings (SSSR count). The van der Waals surface area contributed by atoms with Crippen molar-refractivity contribution in [2.75, 3.05) is 11.9 Å². The van der Waals surface area contributed by atoms with Crippen LogP contribution in [0.2, 0.25) is 0 Å². The third kappa shape index (κ3) is 3.47. The third-order valence-electron chi connectivity index (χ3n) is 6.13. The monoisotopic (exact) mass is 427 g/mol. The maximum Gasteiger partial charge on any atom is 0.351 e. The minimum absolute atomic E-state index is 0.143. The fraction of sp³-hybridized carbons (Fsp3) is 0.500. The van der Waals surface area contributed by atoms with Gasteiger partial charge in [-0.1, -0.05) is 18.2 Å². The minimum Gasteiger partial charge on any atom is -0.393 e. The number of aliphatic hydroxyl groups excluding tert-OH is 1. The molecule has 1 aromatic carbocycles. The molecule has 3 heterocycles. The van der Waals surface area contributed by atoms with E-state index in [0.29, 0.717) is 5.56 Å². The van der Waals surface area contributed by atoms with Crippen LogP contribution in [-0.2, 0) is 14.2 Å². The van der Waals surface area contributed by atoms with Gasteiger partial charge in [0.2, 0.25) is 0 Å². The normalized spacial score (nSPS) is 31.4. The number of aromatic nitrogens is 2. The van der Waals surface area contributed by atoms with Crippen molar-refractivity contribution >= 4 is 11.7 Å². The van der Waals surface area contributed by atoms with Crippen molar-refractivity contribution in [2.24, 2.45) is 5.92 Å². The van der Waals surface area contributed by atoms with E-state index in [1.807, 2.05) is 6.07 Å². The zero-order chi connectivity index (χ0) is 21.8. The van der Waals surface area contributed by atoms with Gasteiger partial charge in [0.15, 0.2) is 12.0 Å². The molecule has 0 unspecified atom stereocenters. The van der Waals surface area contributed by atoms with E-state index in [4.69, 9.17) is 14.2 Å². The quantitative estimate of drug-likeness (QED) is 0.747. The van der Waals surface area contributed by atoms with Gasteiger partial charge in [0.1, 0.15) is 23.6 Å². The Labute approximate surface area is 179 Å². The molecule has 3 fully saturated rings. The summed E-state index contributed by atoms with van der Waals surface area (Å²) in [6.45, 7) is 3.39. The molecule has 0 spiro atoms. The summed E-state index contributed by atoms with van der Waals surface area (Å²) in [5, 5.41) is 12.9. The number of amides is 1. The first-order chi connectivity index (χ1) is 14.8. The van der Waals surface area contributed by atoms with Crippen molar-refractivity contribution < 1.29 is 24.1 Å². The van der Waals surface area contributed by atoms with Crippen LogP contribution >= 0.6 is 0 Å². The molecule has 31 heavy (non-hydrogen) atoms. The van der Waals surface area contributed by atoms with Crippen LogP contribution in [0.25, 0.3) is 0 Å². The maximum absolute atomic E-state index is 12.8. The Morgan fingerprint density at radius 1 is 1.19 bits per heavy atom. The molecule has 9 nitrogen and oxygen atoms in total. The number of carbonyl (C=O) groups is 1. The van der Waals surface area contributed by atoms with Crippen LogP contribution in [0.5, 0.6) is 0 Å². The first-order valence-corrected chi connectivity index (χ1v) is 10.4. The topological polar surface area (TPSA) is 112 Å². The van der Waals surface area contributed by atoms with E-state index in [1.165, 1.54) is 16.8 Å². The first kappa shape index (κ1) is 20.3. The van der Waals surface area contributed by atoms with Gasteiger partial charge in [0, 0.05) is 11.8 Å². The van der Waals surface area contributed by atoms with Gasteiger partial charge < -0.3 is 24.6 Å². The summed E-state index contributed by atoms with van der Waals surface area (Å²) in [5.41, 5.74) is -1.04. The van der Waals surface area contributed by atoms with Gasteiger partial charge in [-0.3, -0.25) is 9.36 Å². The predicted octanol–water partition coefficient (Wildman–Crippen LogP) is 1.69. The number of fused-ring (bicyclic) bond motifs is 1. The number of hydrogen-bond acceptors (Lipinski definition) is 7. The van der Waals surface area contributed by atoms with Crippen LogP contribution in [-0.4, -0.2) is 50.8 Å². The lowest BCUT2D eigenvalue weighted by Crippen LogP contribution is -2.48. The van der Waals surface area contributed by atoms with E-state index in [-0.39, 0.29) is 24.2 Å². The van der Waals surface area contributed by atoms with Crippen molar-refractivity contribution in [1.29, 1.82) is 0 Å². The summed E-state index contributed by atoms with van der Waals surface area (Å²) in [4.78, 5) is 29.2. The molecule has 4 atom stereocenters. The van der Waals surface area contributed by atoms with Gasteiger partial charge in [0.05, 0.1) is 6.61 Å². The first-order valence-electron chi connectivity index (χ1n) is 10.4. The molecule has 1 aliphatic carbocycles. The van der Waals surface area contributed by atoms with Crippen LogP contribution in [0.3, 0.4) is 0 Å². The number of nitrogens with zero attached hydrogens (tertiary/aromatic N) is 2. The van der Waals surface area contributed by atoms with Crippen LogP contribution in [0, 0.1) is 5.92 Å². The molecule has 2 aliphatic heterocycles. The largest absolute Gasteiger partial charge is 0.393 e. The molecule has 1 aromatic heterocycles. The summed E-state index contributed by atoms with van der Waals surface area (Å²) in [6, 6.07) is 10.2. The number of ether oxygens (including phenoxy) is 3. The minimum atomic E-state index is -0.914. The Bertz CT molecular complexity index is 1050. The number of benzene rings is 1. The van der Waals surface area contributed by atoms with Crippen molar-refractivity contribution in [3.63, 3.8) is 0 Å². The zero-order valence-corrected chi connectivity index (χ0v) is 17.4. The van der Waals surface area contributed by atoms with Gasteiger partial charge in [-0.05, 0) is 50.8 Å². The molecular formula is C22H25N3O6. The van der Waals surface area contributed by atoms with Crippen molar-refractivity contribution in [3.05, 3.63) is 58.6 Å². The number of carbonyl (C=O) groups excluding carboxylic acids is 1. The van der Waals surface area contributed by atoms with E-state index in [9.17, 15) is 14.7 Å². The molecule has 1 amide bonds. The molecule has 0 radical (unpaired) electrons. The van der Waals surface area contributed by atoms with Gasteiger partial charge >= 0.3 is 5.69 Å². The van der Waals surface area contributed by atoms with Gasteiger partial charge in [-0.15, -0.1) is 0 Å². The average Bonchev–Trinajstić information content (AvgIpc) is 3.49. The second-order valence-corrected chi connectivity index (χ2v) is 8.74. The van der Waals surface area contributed by atoms with Crippen LogP contribution < -0.4 is 11.0 Å². The lowest BCUT2D eigenvalue weighted by molar-refractivity contribution is -0.232. The van der Waals surface area contributed by atoms with Gasteiger partial charge in [0.25, 0.3) is 5.91 Å². The van der Waals surface area contributed by atoms with Crippen molar-refractivity contribution in [1.82, 2.24) is 9.55 Å². The van der Waals surface area contributed by atoms with E-state index < -0.39 is 35.5 Å². The van der Waals surface area contributed by atoms with Crippen molar-refractivity contribution in [2.45, 2.75) is 56.5 Å². The fourth-order valence-electron chi connectivity index (χ4n) is 4.56. The highest BCUT2D eigenvalue weighted by Crippen LogP contribution is 2.56. The Morgan fingerprint density at radius 2 is 1.94 bits per heavy atom. The second-order valence-electron chi connectivity index (χ2n) is 8.74. The number of hydrogen-bond donors (Lipinski definition) is 2. The summed E-state index contributed by atoms with van der Waals surface area (Å²) < 4.78 is 19.8. The number of anilines is 1. The zero-order valence-electron chi connectivity index (χ0n) is 17.4. The Kier molecular flexibility index (Phi) is 4.74. The average molecular weight is 427 g/mol. The Balaban J connectivity index is 1.42. The molecule has 3 aliphatic rings. The van der Waals surface area contributed by atoms with Gasteiger partial charge in [-0.2, -0.15) is 4.98 Å². The van der Waals surface area contributed by atoms with E-state index >= 15 is 0 Å². The summed E-state index contributed by atoms with van der Waals surface area (Å²) >= 11 is 0. The molecule has 0 bridgehead atoms. The molecular weight excluding hydrogens is 402 g/mol. The summed E-state index contributed by atoms with van der Waals surface area (Å²) in [5.74, 6) is -0.914. The highest BCUT2D eigenvalue weighted by molar-refractivity contribution is 6.03. The van der Waals surface area contributed by atoms with E-state index in [2.05, 4.69) is 10.3 Å². The molecule has 164 valence electrons. The highest BCUT2D eigenvalue weighted by Gasteiger charge is 2.67. The van der Waals surface area contributed by atoms with Crippen LogP contribution in [0.4, 0.5) is 5.82 Å². The third-order valence-corrected chi connectivity index (χ3v) is 6.13. The smallest absolute Gasteiger partial charge is 0.351 e. The standard InChI is InChI=1S/C22H25N3O6/c1-21(2)29-16-17(30-21)22(12-26,14-8-9-14)31-19(16)25-11-10-15(24-20(25)28)23-18(27)13-6-4-3-5-7-13/h3-7,10-11,14,16-17,19,26H,8-9,12H2,1-2H3,(H,23,24,27,28)/t16-,17+,19-,22+/m1/s1. The van der Waals surface area contributed by atoms with E-state index in [0.717, 1.165) is 12.8 Å². The van der Waals surface area contributed by atoms with Crippen molar-refractivity contribution in [3.8, 4) is 0 Å². The summed E-state index contributed by atoms with van der Waals surface area (Å²) in [6.07, 6.45) is 1.53. The molecule has 2 saturated heterocycles. The predicted molar refractivity (Wildman–Crippen MR) is 109 cm³/mol. The Hall–Kier alpha value is -2.59. The second kappa shape index (κ2) is 7.23. The summed E-state index contributed by atoms with van der Waals surface area (Å²) in [7, 11) is 0. The fourth-order valence-corrected chi connectivity index (χ4v) is 4.56. The molecule has 2 N–H and O–H groups in total. The highest BCUT2D eigenvalue weighted by atomic mass is 16.8. The Morgan fingerprint density at radius 3 is 2.58 bits per heavy atom.